The third kappa shape index (κ3) is 3.73. The van der Waals surface area contributed by atoms with E-state index in [2.05, 4.69) is 31.0 Å². The molecule has 0 bridgehead atoms. The number of amides is 1. The lowest BCUT2D eigenvalue weighted by Crippen LogP contribution is -2.64. The number of rotatable bonds is 10. The van der Waals surface area contributed by atoms with Crippen molar-refractivity contribution in [2.75, 3.05) is 19.6 Å². The lowest BCUT2D eigenvalue weighted by Gasteiger charge is -2.38. The van der Waals surface area contributed by atoms with Gasteiger partial charge in [0.25, 0.3) is 0 Å². The standard InChI is InChI=1S/C16H31N3O/c1-4-12(3)10-19(5-2)11-16(15(17)20,13-6-7-13)18-14-8-9-14/h12-14,18H,4-11H2,1-3H3,(H2,17,20). The summed E-state index contributed by atoms with van der Waals surface area (Å²) >= 11 is 0. The Hall–Kier alpha value is -0.610. The summed E-state index contributed by atoms with van der Waals surface area (Å²) in [6.07, 6.45) is 5.85. The van der Waals surface area contributed by atoms with E-state index in [-0.39, 0.29) is 5.91 Å². The number of nitrogens with one attached hydrogen (secondary N) is 1. The second-order valence-electron chi connectivity index (χ2n) is 6.87. The van der Waals surface area contributed by atoms with Crippen LogP contribution in [0.15, 0.2) is 0 Å². The highest BCUT2D eigenvalue weighted by Crippen LogP contribution is 2.42. The SMILES string of the molecule is CCC(C)CN(CC)CC(NC1CC1)(C(N)=O)C1CC1. The lowest BCUT2D eigenvalue weighted by atomic mass is 9.90. The molecular weight excluding hydrogens is 250 g/mol. The van der Waals surface area contributed by atoms with Crippen LogP contribution in [0.2, 0.25) is 0 Å². The van der Waals surface area contributed by atoms with Gasteiger partial charge in [0.1, 0.15) is 5.54 Å². The minimum absolute atomic E-state index is 0.144. The average Bonchev–Trinajstić information content (AvgIpc) is 3.27. The minimum Gasteiger partial charge on any atom is -0.368 e. The Morgan fingerprint density at radius 1 is 1.35 bits per heavy atom. The molecule has 0 saturated heterocycles. The third-order valence-electron chi connectivity index (χ3n) is 4.94. The van der Waals surface area contributed by atoms with Crippen molar-refractivity contribution in [3.8, 4) is 0 Å². The molecule has 0 aliphatic heterocycles. The highest BCUT2D eigenvalue weighted by atomic mass is 16.1. The van der Waals surface area contributed by atoms with Crippen molar-refractivity contribution in [3.63, 3.8) is 0 Å². The van der Waals surface area contributed by atoms with Gasteiger partial charge in [-0.1, -0.05) is 27.2 Å². The first-order valence-corrected chi connectivity index (χ1v) is 8.31. The highest BCUT2D eigenvalue weighted by Gasteiger charge is 2.52. The molecule has 0 aromatic carbocycles. The van der Waals surface area contributed by atoms with Crippen LogP contribution in [0.25, 0.3) is 0 Å². The summed E-state index contributed by atoms with van der Waals surface area (Å²) in [5.74, 6) is 0.974. The van der Waals surface area contributed by atoms with E-state index in [1.54, 1.807) is 0 Å². The molecule has 4 nitrogen and oxygen atoms in total. The number of likely N-dealkylation sites (N-methyl/N-ethyl adjacent to an activating group) is 1. The van der Waals surface area contributed by atoms with Crippen molar-refractivity contribution in [2.45, 2.75) is 64.5 Å². The van der Waals surface area contributed by atoms with Gasteiger partial charge in [0.15, 0.2) is 0 Å². The van der Waals surface area contributed by atoms with Crippen LogP contribution in [0.4, 0.5) is 0 Å². The zero-order valence-electron chi connectivity index (χ0n) is 13.3. The van der Waals surface area contributed by atoms with Crippen molar-refractivity contribution in [1.82, 2.24) is 10.2 Å². The van der Waals surface area contributed by atoms with Crippen molar-refractivity contribution < 1.29 is 4.79 Å². The van der Waals surface area contributed by atoms with E-state index < -0.39 is 5.54 Å². The number of hydrogen-bond donors (Lipinski definition) is 2. The maximum Gasteiger partial charge on any atom is 0.239 e. The fraction of sp³-hybridized carbons (Fsp3) is 0.938. The zero-order chi connectivity index (χ0) is 14.8. The Morgan fingerprint density at radius 2 is 2.00 bits per heavy atom. The summed E-state index contributed by atoms with van der Waals surface area (Å²) in [5, 5.41) is 3.61. The molecule has 116 valence electrons. The van der Waals surface area contributed by atoms with Crippen LogP contribution < -0.4 is 11.1 Å². The van der Waals surface area contributed by atoms with Crippen LogP contribution in [-0.4, -0.2) is 42.0 Å². The smallest absolute Gasteiger partial charge is 0.239 e. The minimum atomic E-state index is -0.482. The second-order valence-corrected chi connectivity index (χ2v) is 6.87. The number of carbonyl (C=O) groups excluding carboxylic acids is 1. The molecule has 2 aliphatic carbocycles. The number of nitrogens with two attached hydrogens (primary N) is 1. The van der Waals surface area contributed by atoms with Crippen LogP contribution in [0.3, 0.4) is 0 Å². The van der Waals surface area contributed by atoms with E-state index in [1.165, 1.54) is 19.3 Å². The molecule has 2 saturated carbocycles. The number of nitrogens with zero attached hydrogens (tertiary/aromatic N) is 1. The third-order valence-corrected chi connectivity index (χ3v) is 4.94. The molecule has 0 heterocycles. The first-order valence-electron chi connectivity index (χ1n) is 8.31. The van der Waals surface area contributed by atoms with Gasteiger partial charge in [-0.05, 0) is 44.1 Å². The Morgan fingerprint density at radius 3 is 2.40 bits per heavy atom. The summed E-state index contributed by atoms with van der Waals surface area (Å²) < 4.78 is 0. The second kappa shape index (κ2) is 6.44. The van der Waals surface area contributed by atoms with E-state index in [4.69, 9.17) is 5.73 Å². The highest BCUT2D eigenvalue weighted by molar-refractivity contribution is 5.86. The molecule has 0 aromatic rings. The lowest BCUT2D eigenvalue weighted by molar-refractivity contribution is -0.126. The average molecular weight is 281 g/mol. The molecule has 0 radical (unpaired) electrons. The van der Waals surface area contributed by atoms with Gasteiger partial charge in [0.2, 0.25) is 5.91 Å². The van der Waals surface area contributed by atoms with Gasteiger partial charge in [0, 0.05) is 19.1 Å². The first kappa shape index (κ1) is 15.8. The van der Waals surface area contributed by atoms with Gasteiger partial charge in [-0.3, -0.25) is 10.1 Å². The molecule has 0 spiro atoms. The van der Waals surface area contributed by atoms with E-state index in [1.807, 2.05) is 0 Å². The quantitative estimate of drug-likeness (QED) is 0.641. The van der Waals surface area contributed by atoms with E-state index in [0.717, 1.165) is 32.5 Å². The Bertz CT molecular complexity index is 339. The van der Waals surface area contributed by atoms with Crippen LogP contribution in [0.1, 0.15) is 52.9 Å². The normalized spacial score (nSPS) is 23.6. The molecule has 2 fully saturated rings. The van der Waals surface area contributed by atoms with Crippen LogP contribution in [0.5, 0.6) is 0 Å². The topological polar surface area (TPSA) is 58.4 Å². The largest absolute Gasteiger partial charge is 0.368 e. The monoisotopic (exact) mass is 281 g/mol. The maximum absolute atomic E-state index is 12.2. The zero-order valence-corrected chi connectivity index (χ0v) is 13.3. The maximum atomic E-state index is 12.2. The fourth-order valence-corrected chi connectivity index (χ4v) is 3.04. The summed E-state index contributed by atoms with van der Waals surface area (Å²) in [6.45, 7) is 9.51. The van der Waals surface area contributed by atoms with Gasteiger partial charge >= 0.3 is 0 Å². The fourth-order valence-electron chi connectivity index (χ4n) is 3.04. The molecule has 4 heteroatoms. The number of primary amides is 1. The van der Waals surface area contributed by atoms with E-state index >= 15 is 0 Å². The van der Waals surface area contributed by atoms with Crippen molar-refractivity contribution in [1.29, 1.82) is 0 Å². The number of carbonyl (C=O) groups is 1. The van der Waals surface area contributed by atoms with Crippen LogP contribution in [0, 0.1) is 11.8 Å². The van der Waals surface area contributed by atoms with E-state index in [0.29, 0.717) is 17.9 Å². The van der Waals surface area contributed by atoms with Crippen LogP contribution >= 0.6 is 0 Å². The molecule has 2 rings (SSSR count). The molecule has 3 N–H and O–H groups in total. The van der Waals surface area contributed by atoms with Gasteiger partial charge < -0.3 is 10.6 Å². The van der Waals surface area contributed by atoms with Gasteiger partial charge in [-0.15, -0.1) is 0 Å². The molecule has 2 unspecified atom stereocenters. The molecule has 1 amide bonds. The van der Waals surface area contributed by atoms with Crippen molar-refractivity contribution in [3.05, 3.63) is 0 Å². The summed E-state index contributed by atoms with van der Waals surface area (Å²) in [6, 6.07) is 0.519. The predicted molar refractivity (Wildman–Crippen MR) is 82.4 cm³/mol. The van der Waals surface area contributed by atoms with Gasteiger partial charge in [-0.2, -0.15) is 0 Å². The van der Waals surface area contributed by atoms with Gasteiger partial charge in [0.05, 0.1) is 0 Å². The van der Waals surface area contributed by atoms with E-state index in [9.17, 15) is 4.79 Å². The molecular formula is C16H31N3O. The van der Waals surface area contributed by atoms with Crippen molar-refractivity contribution in [2.24, 2.45) is 17.6 Å². The number of hydrogen-bond acceptors (Lipinski definition) is 3. The van der Waals surface area contributed by atoms with Crippen molar-refractivity contribution >= 4 is 5.91 Å². The first-order chi connectivity index (χ1) is 9.51. The molecule has 20 heavy (non-hydrogen) atoms. The Kier molecular flexibility index (Phi) is 5.08. The van der Waals surface area contributed by atoms with Crippen LogP contribution in [-0.2, 0) is 4.79 Å². The Balaban J connectivity index is 2.06. The molecule has 2 atom stereocenters. The van der Waals surface area contributed by atoms with Gasteiger partial charge in [-0.25, -0.2) is 0 Å². The Labute approximate surface area is 123 Å². The summed E-state index contributed by atoms with van der Waals surface area (Å²) in [4.78, 5) is 14.6. The summed E-state index contributed by atoms with van der Waals surface area (Å²) in [7, 11) is 0. The summed E-state index contributed by atoms with van der Waals surface area (Å²) in [5.41, 5.74) is 5.35. The molecule has 2 aliphatic rings. The predicted octanol–water partition coefficient (Wildman–Crippen LogP) is 1.74. The molecule has 0 aromatic heterocycles.